The summed E-state index contributed by atoms with van der Waals surface area (Å²) in [6, 6.07) is -0.129. The molecule has 106 valence electrons. The number of nitrogens with zero attached hydrogens (tertiary/aromatic N) is 2. The average Bonchev–Trinajstić information content (AvgIpc) is 2.79. The lowest BCUT2D eigenvalue weighted by Gasteiger charge is -2.15. The number of H-pyrrole nitrogens is 1. The summed E-state index contributed by atoms with van der Waals surface area (Å²) in [6.07, 6.45) is 2.92. The topological polar surface area (TPSA) is 78.1 Å². The Morgan fingerprint density at radius 3 is 2.58 bits per heavy atom. The molecule has 6 heteroatoms. The molecule has 1 heterocycles. The highest BCUT2D eigenvalue weighted by atomic mass is 16.2. The van der Waals surface area contributed by atoms with Gasteiger partial charge in [0.05, 0.1) is 6.04 Å². The van der Waals surface area contributed by atoms with Gasteiger partial charge in [0.1, 0.15) is 5.82 Å². The molecule has 0 saturated carbocycles. The van der Waals surface area contributed by atoms with Crippen molar-refractivity contribution >= 4 is 11.8 Å². The molecule has 0 aliphatic heterocycles. The van der Waals surface area contributed by atoms with Gasteiger partial charge in [-0.05, 0) is 13.3 Å². The third kappa shape index (κ3) is 4.73. The van der Waals surface area contributed by atoms with Crippen molar-refractivity contribution in [3.05, 3.63) is 17.7 Å². The third-order valence-corrected chi connectivity index (χ3v) is 2.86. The van der Waals surface area contributed by atoms with Gasteiger partial charge >= 0.3 is 0 Å². The van der Waals surface area contributed by atoms with E-state index in [0.29, 0.717) is 0 Å². The van der Waals surface area contributed by atoms with Crippen LogP contribution in [0.5, 0.6) is 0 Å². The molecule has 0 radical (unpaired) electrons. The van der Waals surface area contributed by atoms with Crippen molar-refractivity contribution in [2.75, 3.05) is 14.1 Å². The maximum absolute atomic E-state index is 11.8. The molecule has 0 saturated heterocycles. The van der Waals surface area contributed by atoms with Crippen LogP contribution in [0.4, 0.5) is 0 Å². The fraction of sp³-hybridized carbons (Fsp3) is 0.615. The highest BCUT2D eigenvalue weighted by molar-refractivity contribution is 5.83. The highest BCUT2D eigenvalue weighted by Crippen LogP contribution is 2.13. The first-order chi connectivity index (χ1) is 8.93. The maximum atomic E-state index is 11.8. The first-order valence-corrected chi connectivity index (χ1v) is 6.45. The van der Waals surface area contributed by atoms with Crippen LogP contribution in [0, 0.1) is 6.92 Å². The van der Waals surface area contributed by atoms with Crippen LogP contribution >= 0.6 is 0 Å². The zero-order chi connectivity index (χ0) is 14.4. The first-order valence-electron chi connectivity index (χ1n) is 6.45. The third-order valence-electron chi connectivity index (χ3n) is 2.86. The summed E-state index contributed by atoms with van der Waals surface area (Å²) in [7, 11) is 3.36. The zero-order valence-corrected chi connectivity index (χ0v) is 12.0. The van der Waals surface area contributed by atoms with Crippen molar-refractivity contribution < 1.29 is 9.59 Å². The van der Waals surface area contributed by atoms with E-state index in [9.17, 15) is 9.59 Å². The molecule has 0 aromatic carbocycles. The summed E-state index contributed by atoms with van der Waals surface area (Å²) in [5.74, 6) is 0.584. The second-order valence-corrected chi connectivity index (χ2v) is 4.77. The summed E-state index contributed by atoms with van der Waals surface area (Å²) in [6.45, 7) is 3.90. The van der Waals surface area contributed by atoms with E-state index in [4.69, 9.17) is 0 Å². The Balaban J connectivity index is 2.48. The van der Waals surface area contributed by atoms with Crippen LogP contribution in [0.3, 0.4) is 0 Å². The molecule has 1 rings (SSSR count). The molecule has 1 aromatic heterocycles. The smallest absolute Gasteiger partial charge is 0.222 e. The molecule has 6 nitrogen and oxygen atoms in total. The minimum absolute atomic E-state index is 0.0444. The second-order valence-electron chi connectivity index (χ2n) is 4.77. The quantitative estimate of drug-likeness (QED) is 0.811. The van der Waals surface area contributed by atoms with Crippen molar-refractivity contribution in [2.24, 2.45) is 0 Å². The Morgan fingerprint density at radius 1 is 1.42 bits per heavy atom. The average molecular weight is 266 g/mol. The lowest BCUT2D eigenvalue weighted by atomic mass is 10.2. The minimum atomic E-state index is -0.129. The summed E-state index contributed by atoms with van der Waals surface area (Å²) in [5.41, 5.74) is 0.963. The van der Waals surface area contributed by atoms with Crippen LogP contribution in [0.15, 0.2) is 6.20 Å². The Morgan fingerprint density at radius 2 is 2.11 bits per heavy atom. The maximum Gasteiger partial charge on any atom is 0.222 e. The van der Waals surface area contributed by atoms with E-state index < -0.39 is 0 Å². The van der Waals surface area contributed by atoms with E-state index in [0.717, 1.165) is 17.9 Å². The molecule has 0 spiro atoms. The van der Waals surface area contributed by atoms with Crippen LogP contribution in [-0.2, 0) is 9.59 Å². The van der Waals surface area contributed by atoms with Crippen LogP contribution in [-0.4, -0.2) is 40.8 Å². The number of carbonyl (C=O) groups is 2. The predicted octanol–water partition coefficient (Wildman–Crippen LogP) is 1.15. The first kappa shape index (κ1) is 15.2. The van der Waals surface area contributed by atoms with Crippen molar-refractivity contribution in [1.82, 2.24) is 20.2 Å². The Labute approximate surface area is 113 Å². The minimum Gasteiger partial charge on any atom is -0.349 e. The van der Waals surface area contributed by atoms with Gasteiger partial charge in [-0.2, -0.15) is 0 Å². The molecule has 0 aliphatic carbocycles. The second kappa shape index (κ2) is 6.92. The van der Waals surface area contributed by atoms with Crippen molar-refractivity contribution in [3.8, 4) is 0 Å². The van der Waals surface area contributed by atoms with E-state index in [-0.39, 0.29) is 30.7 Å². The zero-order valence-electron chi connectivity index (χ0n) is 12.0. The number of hydrogen-bond acceptors (Lipinski definition) is 3. The number of carbonyl (C=O) groups excluding carboxylic acids is 2. The summed E-state index contributed by atoms with van der Waals surface area (Å²) in [4.78, 5) is 32.0. The number of rotatable bonds is 6. The van der Waals surface area contributed by atoms with E-state index in [1.165, 1.54) is 4.90 Å². The van der Waals surface area contributed by atoms with Gasteiger partial charge < -0.3 is 15.2 Å². The molecule has 2 amide bonds. The lowest BCUT2D eigenvalue weighted by molar-refractivity contribution is -0.131. The van der Waals surface area contributed by atoms with Gasteiger partial charge in [0.2, 0.25) is 11.8 Å². The van der Waals surface area contributed by atoms with Crippen molar-refractivity contribution in [3.63, 3.8) is 0 Å². The number of aryl methyl sites for hydroxylation is 1. The van der Waals surface area contributed by atoms with Gasteiger partial charge in [0.15, 0.2) is 0 Å². The number of imidazole rings is 1. The van der Waals surface area contributed by atoms with Crippen LogP contribution in [0.2, 0.25) is 0 Å². The summed E-state index contributed by atoms with van der Waals surface area (Å²) >= 11 is 0. The fourth-order valence-electron chi connectivity index (χ4n) is 1.68. The van der Waals surface area contributed by atoms with Crippen molar-refractivity contribution in [1.29, 1.82) is 0 Å². The van der Waals surface area contributed by atoms with Crippen LogP contribution in [0.25, 0.3) is 0 Å². The molecule has 0 bridgehead atoms. The molecular formula is C13H22N4O2. The highest BCUT2D eigenvalue weighted by Gasteiger charge is 2.16. The van der Waals surface area contributed by atoms with E-state index in [1.807, 2.05) is 13.8 Å². The van der Waals surface area contributed by atoms with E-state index in [1.54, 1.807) is 20.3 Å². The van der Waals surface area contributed by atoms with Gasteiger partial charge in [-0.25, -0.2) is 4.98 Å². The molecule has 0 unspecified atom stereocenters. The Bertz CT molecular complexity index is 440. The predicted molar refractivity (Wildman–Crippen MR) is 72.4 cm³/mol. The standard InChI is InChI=1S/C13H22N4O2/c1-5-10(13-14-8-9(2)15-13)16-11(18)6-7-12(19)17(3)4/h8,10H,5-7H2,1-4H3,(H,14,15)(H,16,18)/t10-/m0/s1. The number of hydrogen-bond donors (Lipinski definition) is 2. The van der Waals surface area contributed by atoms with E-state index >= 15 is 0 Å². The van der Waals surface area contributed by atoms with Gasteiger partial charge in [0, 0.05) is 38.8 Å². The van der Waals surface area contributed by atoms with Crippen LogP contribution < -0.4 is 5.32 Å². The molecule has 0 fully saturated rings. The summed E-state index contributed by atoms with van der Waals surface area (Å²) in [5, 5.41) is 2.89. The van der Waals surface area contributed by atoms with Crippen molar-refractivity contribution in [2.45, 2.75) is 39.2 Å². The molecule has 19 heavy (non-hydrogen) atoms. The molecule has 2 N–H and O–H groups in total. The van der Waals surface area contributed by atoms with Crippen LogP contribution in [0.1, 0.15) is 43.7 Å². The Hall–Kier alpha value is -1.85. The number of aromatic nitrogens is 2. The normalized spacial score (nSPS) is 12.0. The molecular weight excluding hydrogens is 244 g/mol. The summed E-state index contributed by atoms with van der Waals surface area (Å²) < 4.78 is 0. The Kier molecular flexibility index (Phi) is 5.54. The monoisotopic (exact) mass is 266 g/mol. The van der Waals surface area contributed by atoms with E-state index in [2.05, 4.69) is 15.3 Å². The lowest BCUT2D eigenvalue weighted by Crippen LogP contribution is -2.30. The molecule has 0 aliphatic rings. The SMILES string of the molecule is CC[C@H](NC(=O)CCC(=O)N(C)C)c1ncc(C)[nH]1. The molecule has 1 aromatic rings. The number of nitrogens with one attached hydrogen (secondary N) is 2. The van der Waals surface area contributed by atoms with Gasteiger partial charge in [0.25, 0.3) is 0 Å². The molecule has 1 atom stereocenters. The largest absolute Gasteiger partial charge is 0.349 e. The van der Waals surface area contributed by atoms with Gasteiger partial charge in [-0.3, -0.25) is 9.59 Å². The number of aromatic amines is 1. The fourth-order valence-corrected chi connectivity index (χ4v) is 1.68. The number of amides is 2. The van der Waals surface area contributed by atoms with Gasteiger partial charge in [-0.15, -0.1) is 0 Å². The van der Waals surface area contributed by atoms with Gasteiger partial charge in [-0.1, -0.05) is 6.92 Å².